The molecule has 2 heterocycles. The summed E-state index contributed by atoms with van der Waals surface area (Å²) in [6.45, 7) is 0.0689. The van der Waals surface area contributed by atoms with Gasteiger partial charge in [0.05, 0.1) is 6.33 Å². The zero-order valence-electron chi connectivity index (χ0n) is 10.8. The fourth-order valence-electron chi connectivity index (χ4n) is 1.94. The van der Waals surface area contributed by atoms with E-state index in [9.17, 15) is 4.79 Å². The number of rotatable bonds is 3. The number of amides is 1. The van der Waals surface area contributed by atoms with E-state index in [0.29, 0.717) is 21.9 Å². The molecule has 3 N–H and O–H groups in total. The number of carbonyl (C=O) groups is 1. The van der Waals surface area contributed by atoms with Crippen LogP contribution in [0.1, 0.15) is 0 Å². The van der Waals surface area contributed by atoms with Gasteiger partial charge < -0.3 is 15.6 Å². The van der Waals surface area contributed by atoms with E-state index in [-0.39, 0.29) is 18.3 Å². The second-order valence-electron chi connectivity index (χ2n) is 4.36. The summed E-state index contributed by atoms with van der Waals surface area (Å²) < 4.78 is 1.60. The number of benzene rings is 1. The summed E-state index contributed by atoms with van der Waals surface area (Å²) in [6.07, 6.45) is 2.85. The van der Waals surface area contributed by atoms with E-state index >= 15 is 0 Å². The van der Waals surface area contributed by atoms with Gasteiger partial charge in [0.2, 0.25) is 5.91 Å². The molecule has 106 valence electrons. The fraction of sp³-hybridized carbons (Fsp3) is 0.0769. The topological polar surface area (TPSA) is 98.7 Å². The molecule has 2 aromatic heterocycles. The highest BCUT2D eigenvalue weighted by molar-refractivity contribution is 6.30. The molecule has 0 fully saturated rings. The summed E-state index contributed by atoms with van der Waals surface area (Å²) in [5.74, 6) is 0.0720. The molecule has 0 saturated carbocycles. The van der Waals surface area contributed by atoms with Crippen molar-refractivity contribution >= 4 is 40.2 Å². The Kier molecular flexibility index (Phi) is 3.41. The molecular weight excluding hydrogens is 292 g/mol. The Morgan fingerprint density at radius 3 is 3.00 bits per heavy atom. The van der Waals surface area contributed by atoms with E-state index in [1.54, 1.807) is 28.8 Å². The van der Waals surface area contributed by atoms with Crippen LogP contribution in [0.3, 0.4) is 0 Å². The van der Waals surface area contributed by atoms with Gasteiger partial charge in [-0.3, -0.25) is 4.79 Å². The van der Waals surface area contributed by atoms with Gasteiger partial charge >= 0.3 is 0 Å². The summed E-state index contributed by atoms with van der Waals surface area (Å²) in [6, 6.07) is 6.93. The number of nitrogens with two attached hydrogens (primary N) is 1. The zero-order chi connectivity index (χ0) is 14.8. The number of hydrogen-bond acceptors (Lipinski definition) is 5. The van der Waals surface area contributed by atoms with Crippen LogP contribution in [0.5, 0.6) is 0 Å². The van der Waals surface area contributed by atoms with E-state index in [4.69, 9.17) is 17.3 Å². The van der Waals surface area contributed by atoms with Crippen molar-refractivity contribution in [3.05, 3.63) is 41.9 Å². The van der Waals surface area contributed by atoms with Crippen molar-refractivity contribution < 1.29 is 4.79 Å². The fourth-order valence-corrected chi connectivity index (χ4v) is 2.13. The lowest BCUT2D eigenvalue weighted by atomic mass is 10.3. The number of hydrogen-bond donors (Lipinski definition) is 2. The smallest absolute Gasteiger partial charge is 0.244 e. The second kappa shape index (κ2) is 5.37. The molecule has 0 unspecified atom stereocenters. The van der Waals surface area contributed by atoms with Crippen LogP contribution in [0, 0.1) is 0 Å². The monoisotopic (exact) mass is 302 g/mol. The molecule has 0 aliphatic carbocycles. The van der Waals surface area contributed by atoms with Crippen LogP contribution in [0.15, 0.2) is 36.9 Å². The predicted molar refractivity (Wildman–Crippen MR) is 79.8 cm³/mol. The third kappa shape index (κ3) is 2.77. The van der Waals surface area contributed by atoms with Crippen LogP contribution in [0.4, 0.5) is 11.5 Å². The van der Waals surface area contributed by atoms with Crippen LogP contribution in [-0.4, -0.2) is 25.4 Å². The highest BCUT2D eigenvalue weighted by atomic mass is 35.5. The van der Waals surface area contributed by atoms with Crippen molar-refractivity contribution in [3.63, 3.8) is 0 Å². The van der Waals surface area contributed by atoms with Gasteiger partial charge in [-0.2, -0.15) is 0 Å². The summed E-state index contributed by atoms with van der Waals surface area (Å²) in [5, 5.41) is 3.31. The van der Waals surface area contributed by atoms with Crippen LogP contribution in [0.2, 0.25) is 5.02 Å². The van der Waals surface area contributed by atoms with Crippen molar-refractivity contribution in [2.75, 3.05) is 11.1 Å². The SMILES string of the molecule is Nc1ncnc2c1ncn2CC(=O)Nc1cccc(Cl)c1. The first-order valence-corrected chi connectivity index (χ1v) is 6.48. The Labute approximate surface area is 124 Å². The Hall–Kier alpha value is -2.67. The average Bonchev–Trinajstić information content (AvgIpc) is 2.83. The molecule has 7 nitrogen and oxygen atoms in total. The molecule has 3 rings (SSSR count). The van der Waals surface area contributed by atoms with E-state index in [2.05, 4.69) is 20.3 Å². The lowest BCUT2D eigenvalue weighted by Gasteiger charge is -2.06. The molecule has 0 radical (unpaired) electrons. The van der Waals surface area contributed by atoms with Crippen LogP contribution in [0.25, 0.3) is 11.2 Å². The highest BCUT2D eigenvalue weighted by Crippen LogP contribution is 2.16. The van der Waals surface area contributed by atoms with Gasteiger partial charge in [0.1, 0.15) is 18.4 Å². The molecule has 8 heteroatoms. The van der Waals surface area contributed by atoms with Crippen molar-refractivity contribution in [3.8, 4) is 0 Å². The first-order chi connectivity index (χ1) is 10.1. The maximum Gasteiger partial charge on any atom is 0.244 e. The number of nitrogens with one attached hydrogen (secondary N) is 1. The molecule has 1 amide bonds. The number of carbonyl (C=O) groups excluding carboxylic acids is 1. The molecular formula is C13H11ClN6O. The van der Waals surface area contributed by atoms with Crippen molar-refractivity contribution in [1.29, 1.82) is 0 Å². The van der Waals surface area contributed by atoms with Gasteiger partial charge in [-0.25, -0.2) is 15.0 Å². The van der Waals surface area contributed by atoms with Gasteiger partial charge in [-0.1, -0.05) is 17.7 Å². The largest absolute Gasteiger partial charge is 0.382 e. The maximum atomic E-state index is 12.0. The van der Waals surface area contributed by atoms with Crippen LogP contribution < -0.4 is 11.1 Å². The highest BCUT2D eigenvalue weighted by Gasteiger charge is 2.11. The molecule has 0 aliphatic rings. The first kappa shape index (κ1) is 13.3. The quantitative estimate of drug-likeness (QED) is 0.767. The van der Waals surface area contributed by atoms with E-state index < -0.39 is 0 Å². The second-order valence-corrected chi connectivity index (χ2v) is 4.80. The Morgan fingerprint density at radius 2 is 2.19 bits per heavy atom. The van der Waals surface area contributed by atoms with E-state index in [1.165, 1.54) is 12.7 Å². The van der Waals surface area contributed by atoms with E-state index in [1.807, 2.05) is 0 Å². The number of imidazole rings is 1. The number of fused-ring (bicyclic) bond motifs is 1. The minimum Gasteiger partial charge on any atom is -0.382 e. The summed E-state index contributed by atoms with van der Waals surface area (Å²) in [4.78, 5) is 24.1. The minimum absolute atomic E-state index is 0.0689. The summed E-state index contributed by atoms with van der Waals surface area (Å²) >= 11 is 5.87. The van der Waals surface area contributed by atoms with Crippen molar-refractivity contribution in [2.24, 2.45) is 0 Å². The molecule has 0 bridgehead atoms. The molecule has 3 aromatic rings. The average molecular weight is 303 g/mol. The number of nitrogen functional groups attached to an aromatic ring is 1. The Morgan fingerprint density at radius 1 is 1.33 bits per heavy atom. The van der Waals surface area contributed by atoms with Gasteiger partial charge in [0.25, 0.3) is 0 Å². The Balaban J connectivity index is 1.79. The van der Waals surface area contributed by atoms with Crippen molar-refractivity contribution in [2.45, 2.75) is 6.54 Å². The van der Waals surface area contributed by atoms with E-state index in [0.717, 1.165) is 0 Å². The normalized spacial score (nSPS) is 10.7. The van der Waals surface area contributed by atoms with Gasteiger partial charge in [-0.15, -0.1) is 0 Å². The minimum atomic E-state index is -0.214. The van der Waals surface area contributed by atoms with Crippen LogP contribution in [-0.2, 0) is 11.3 Å². The summed E-state index contributed by atoms with van der Waals surface area (Å²) in [7, 11) is 0. The Bertz CT molecular complexity index is 815. The third-order valence-electron chi connectivity index (χ3n) is 2.85. The number of halogens is 1. The number of nitrogens with zero attached hydrogens (tertiary/aromatic N) is 4. The zero-order valence-corrected chi connectivity index (χ0v) is 11.6. The predicted octanol–water partition coefficient (Wildman–Crippen LogP) is 1.70. The molecule has 21 heavy (non-hydrogen) atoms. The molecule has 0 atom stereocenters. The first-order valence-electron chi connectivity index (χ1n) is 6.10. The standard InChI is InChI=1S/C13H11ClN6O/c14-8-2-1-3-9(4-8)19-10(21)5-20-7-18-11-12(15)16-6-17-13(11)20/h1-4,6-7H,5H2,(H,19,21)(H2,15,16,17). The van der Waals surface area contributed by atoms with Crippen LogP contribution >= 0.6 is 11.6 Å². The molecule has 1 aromatic carbocycles. The molecule has 0 aliphatic heterocycles. The molecule has 0 saturated heterocycles. The summed E-state index contributed by atoms with van der Waals surface area (Å²) in [5.41, 5.74) is 7.33. The lowest BCUT2D eigenvalue weighted by Crippen LogP contribution is -2.18. The van der Waals surface area contributed by atoms with Gasteiger partial charge in [0.15, 0.2) is 11.5 Å². The number of anilines is 2. The van der Waals surface area contributed by atoms with Gasteiger partial charge in [-0.05, 0) is 18.2 Å². The lowest BCUT2D eigenvalue weighted by molar-refractivity contribution is -0.116. The maximum absolute atomic E-state index is 12.0. The molecule has 0 spiro atoms. The van der Waals surface area contributed by atoms with Crippen molar-refractivity contribution in [1.82, 2.24) is 19.5 Å². The third-order valence-corrected chi connectivity index (χ3v) is 3.09. The number of aromatic nitrogens is 4. The van der Waals surface area contributed by atoms with Gasteiger partial charge in [0, 0.05) is 10.7 Å².